The van der Waals surface area contributed by atoms with Gasteiger partial charge in [0.25, 0.3) is 10.0 Å². The SMILES string of the molecule is O=S(=O)(c1nc2ccccc2s1)N(C1CCCCC1)C1CCCCC1. The molecule has 25 heavy (non-hydrogen) atoms. The van der Waals surface area contributed by atoms with Gasteiger partial charge in [0.05, 0.1) is 10.2 Å². The molecular formula is C19H26N2O2S2. The van der Waals surface area contributed by atoms with Crippen molar-refractivity contribution in [1.82, 2.24) is 9.29 Å². The summed E-state index contributed by atoms with van der Waals surface area (Å²) in [7, 11) is -3.52. The quantitative estimate of drug-likeness (QED) is 0.756. The molecule has 4 rings (SSSR count). The predicted octanol–water partition coefficient (Wildman–Crippen LogP) is 4.95. The van der Waals surface area contributed by atoms with Crippen LogP contribution in [0.1, 0.15) is 64.2 Å². The van der Waals surface area contributed by atoms with E-state index in [2.05, 4.69) is 4.98 Å². The Balaban J connectivity index is 1.72. The minimum absolute atomic E-state index is 0.161. The van der Waals surface area contributed by atoms with E-state index in [1.807, 2.05) is 28.6 Å². The summed E-state index contributed by atoms with van der Waals surface area (Å²) in [5.41, 5.74) is 0.790. The van der Waals surface area contributed by atoms with Crippen LogP contribution in [0.25, 0.3) is 10.2 Å². The van der Waals surface area contributed by atoms with Crippen molar-refractivity contribution >= 4 is 31.6 Å². The van der Waals surface area contributed by atoms with Crippen LogP contribution in [0.4, 0.5) is 0 Å². The number of thiazole rings is 1. The lowest BCUT2D eigenvalue weighted by Crippen LogP contribution is -2.48. The molecular weight excluding hydrogens is 352 g/mol. The average molecular weight is 379 g/mol. The summed E-state index contributed by atoms with van der Waals surface area (Å²) in [6.45, 7) is 0. The second-order valence-corrected chi connectivity index (χ2v) is 10.4. The third-order valence-corrected chi connectivity index (χ3v) is 9.04. The first-order valence-corrected chi connectivity index (χ1v) is 11.8. The predicted molar refractivity (Wildman–Crippen MR) is 102 cm³/mol. The van der Waals surface area contributed by atoms with Crippen LogP contribution in [0, 0.1) is 0 Å². The van der Waals surface area contributed by atoms with Crippen molar-refractivity contribution in [3.05, 3.63) is 24.3 Å². The monoisotopic (exact) mass is 378 g/mol. The molecule has 0 saturated heterocycles. The lowest BCUT2D eigenvalue weighted by atomic mass is 9.91. The Labute approximate surface area is 154 Å². The second kappa shape index (κ2) is 7.33. The topological polar surface area (TPSA) is 50.3 Å². The zero-order chi connectivity index (χ0) is 17.3. The van der Waals surface area contributed by atoms with Crippen LogP contribution in [0.5, 0.6) is 0 Å². The lowest BCUT2D eigenvalue weighted by Gasteiger charge is -2.39. The molecule has 136 valence electrons. The molecule has 1 aromatic heterocycles. The number of nitrogens with zero attached hydrogens (tertiary/aromatic N) is 2. The van der Waals surface area contributed by atoms with Gasteiger partial charge in [-0.05, 0) is 37.8 Å². The highest BCUT2D eigenvalue weighted by Gasteiger charge is 2.39. The average Bonchev–Trinajstić information content (AvgIpc) is 3.09. The van der Waals surface area contributed by atoms with Gasteiger partial charge in [-0.1, -0.05) is 50.7 Å². The number of aromatic nitrogens is 1. The van der Waals surface area contributed by atoms with E-state index in [1.54, 1.807) is 0 Å². The number of sulfonamides is 1. The molecule has 2 aliphatic rings. The molecule has 6 heteroatoms. The molecule has 1 heterocycles. The highest BCUT2D eigenvalue weighted by atomic mass is 32.2. The molecule has 0 aliphatic heterocycles. The third kappa shape index (κ3) is 3.49. The Morgan fingerprint density at radius 1 is 0.880 bits per heavy atom. The standard InChI is InChI=1S/C19H26N2O2S2/c22-25(23,19-20-17-13-7-8-14-18(17)24-19)21(15-9-3-1-4-10-15)16-11-5-2-6-12-16/h7-8,13-16H,1-6,9-12H2. The number of rotatable bonds is 4. The highest BCUT2D eigenvalue weighted by molar-refractivity contribution is 7.91. The molecule has 0 spiro atoms. The number of para-hydroxylation sites is 1. The van der Waals surface area contributed by atoms with Crippen molar-refractivity contribution in [2.45, 2.75) is 80.6 Å². The van der Waals surface area contributed by atoms with Crippen LogP contribution in [-0.2, 0) is 10.0 Å². The van der Waals surface area contributed by atoms with E-state index in [0.29, 0.717) is 0 Å². The minimum Gasteiger partial charge on any atom is -0.224 e. The van der Waals surface area contributed by atoms with E-state index in [1.165, 1.54) is 24.2 Å². The lowest BCUT2D eigenvalue weighted by molar-refractivity contribution is 0.169. The van der Waals surface area contributed by atoms with Crippen LogP contribution >= 0.6 is 11.3 Å². The molecule has 1 aromatic carbocycles. The van der Waals surface area contributed by atoms with Gasteiger partial charge in [0.15, 0.2) is 0 Å². The minimum atomic E-state index is -3.52. The van der Waals surface area contributed by atoms with Crippen LogP contribution in [-0.4, -0.2) is 29.8 Å². The van der Waals surface area contributed by atoms with Gasteiger partial charge in [-0.25, -0.2) is 13.4 Å². The second-order valence-electron chi connectivity index (χ2n) is 7.37. The van der Waals surface area contributed by atoms with Crippen molar-refractivity contribution < 1.29 is 8.42 Å². The first kappa shape index (κ1) is 17.4. The zero-order valence-electron chi connectivity index (χ0n) is 14.6. The molecule has 4 nitrogen and oxygen atoms in total. The van der Waals surface area contributed by atoms with E-state index < -0.39 is 10.0 Å². The van der Waals surface area contributed by atoms with E-state index in [-0.39, 0.29) is 16.4 Å². The number of hydrogen-bond acceptors (Lipinski definition) is 4. The number of benzene rings is 1. The Kier molecular flexibility index (Phi) is 5.11. The van der Waals surface area contributed by atoms with Crippen molar-refractivity contribution in [2.24, 2.45) is 0 Å². The summed E-state index contributed by atoms with van der Waals surface area (Å²) in [6, 6.07) is 8.03. The first-order valence-electron chi connectivity index (χ1n) is 9.55. The maximum Gasteiger partial charge on any atom is 0.270 e. The van der Waals surface area contributed by atoms with E-state index in [9.17, 15) is 8.42 Å². The van der Waals surface area contributed by atoms with Crippen LogP contribution in [0.2, 0.25) is 0 Å². The van der Waals surface area contributed by atoms with Gasteiger partial charge in [0.2, 0.25) is 4.34 Å². The van der Waals surface area contributed by atoms with Gasteiger partial charge in [0, 0.05) is 12.1 Å². The van der Waals surface area contributed by atoms with Crippen LogP contribution in [0.3, 0.4) is 0 Å². The molecule has 0 bridgehead atoms. The Morgan fingerprint density at radius 2 is 1.44 bits per heavy atom. The van der Waals surface area contributed by atoms with Crippen molar-refractivity contribution in [1.29, 1.82) is 0 Å². The third-order valence-electron chi connectivity index (χ3n) is 5.64. The molecule has 2 aliphatic carbocycles. The highest BCUT2D eigenvalue weighted by Crippen LogP contribution is 2.36. The fourth-order valence-electron chi connectivity index (χ4n) is 4.41. The summed E-state index contributed by atoms with van der Waals surface area (Å²) in [4.78, 5) is 4.48. The van der Waals surface area contributed by atoms with Crippen molar-refractivity contribution in [2.75, 3.05) is 0 Å². The molecule has 0 amide bonds. The van der Waals surface area contributed by atoms with Gasteiger partial charge in [-0.2, -0.15) is 4.31 Å². The summed E-state index contributed by atoms with van der Waals surface area (Å²) in [6.07, 6.45) is 11.0. The molecule has 0 N–H and O–H groups in total. The van der Waals surface area contributed by atoms with Crippen LogP contribution in [0.15, 0.2) is 28.6 Å². The number of hydrogen-bond donors (Lipinski definition) is 0. The molecule has 2 saturated carbocycles. The maximum atomic E-state index is 13.6. The van der Waals surface area contributed by atoms with Crippen molar-refractivity contribution in [3.8, 4) is 0 Å². The fraction of sp³-hybridized carbons (Fsp3) is 0.632. The van der Waals surface area contributed by atoms with E-state index in [0.717, 1.165) is 61.6 Å². The van der Waals surface area contributed by atoms with Gasteiger partial charge in [0.1, 0.15) is 0 Å². The summed E-state index contributed by atoms with van der Waals surface area (Å²) >= 11 is 1.32. The molecule has 2 fully saturated rings. The van der Waals surface area contributed by atoms with Gasteiger partial charge in [-0.3, -0.25) is 0 Å². The summed E-state index contributed by atoms with van der Waals surface area (Å²) in [5.74, 6) is 0. The Hall–Kier alpha value is -0.980. The van der Waals surface area contributed by atoms with Gasteiger partial charge < -0.3 is 0 Å². The maximum absolute atomic E-state index is 13.6. The molecule has 0 radical (unpaired) electrons. The molecule has 2 aromatic rings. The molecule has 0 atom stereocenters. The number of fused-ring (bicyclic) bond motifs is 1. The van der Waals surface area contributed by atoms with E-state index >= 15 is 0 Å². The van der Waals surface area contributed by atoms with Crippen molar-refractivity contribution in [3.63, 3.8) is 0 Å². The van der Waals surface area contributed by atoms with Gasteiger partial charge in [-0.15, -0.1) is 11.3 Å². The first-order chi connectivity index (χ1) is 12.2. The zero-order valence-corrected chi connectivity index (χ0v) is 16.2. The largest absolute Gasteiger partial charge is 0.270 e. The smallest absolute Gasteiger partial charge is 0.224 e. The van der Waals surface area contributed by atoms with Crippen LogP contribution < -0.4 is 0 Å². The summed E-state index contributed by atoms with van der Waals surface area (Å²) < 4.78 is 30.3. The Bertz CT molecular complexity index is 768. The normalized spacial score (nSPS) is 21.2. The molecule has 0 unspecified atom stereocenters. The fourth-order valence-corrected chi connectivity index (χ4v) is 7.66. The summed E-state index contributed by atoms with van der Waals surface area (Å²) in [5, 5.41) is 0. The van der Waals surface area contributed by atoms with Gasteiger partial charge >= 0.3 is 0 Å². The van der Waals surface area contributed by atoms with E-state index in [4.69, 9.17) is 0 Å². The Morgan fingerprint density at radius 3 is 2.00 bits per heavy atom.